The smallest absolute Gasteiger partial charge is 0.244 e. The molecule has 4 radical (unpaired) electrons. The van der Waals surface area contributed by atoms with E-state index in [0.29, 0.717) is 24.0 Å². The molecule has 0 saturated heterocycles. The molecule has 0 bridgehead atoms. The van der Waals surface area contributed by atoms with Crippen LogP contribution in [0.1, 0.15) is 47.5 Å². The van der Waals surface area contributed by atoms with E-state index in [4.69, 9.17) is 15.7 Å². The van der Waals surface area contributed by atoms with Crippen molar-refractivity contribution in [3.8, 4) is 5.88 Å². The van der Waals surface area contributed by atoms with Gasteiger partial charge in [-0.2, -0.15) is 0 Å². The molecule has 2 aliphatic carbocycles. The number of nitrogens with one attached hydrogen (secondary N) is 1. The van der Waals surface area contributed by atoms with Crippen LogP contribution in [0.25, 0.3) is 0 Å². The summed E-state index contributed by atoms with van der Waals surface area (Å²) in [6.07, 6.45) is 1.32. The molecule has 13 heteroatoms. The second kappa shape index (κ2) is 12.7. The van der Waals surface area contributed by atoms with Crippen molar-refractivity contribution in [3.63, 3.8) is 0 Å². The van der Waals surface area contributed by atoms with E-state index < -0.39 is 54.1 Å². The first-order valence-corrected chi connectivity index (χ1v) is 13.6. The van der Waals surface area contributed by atoms with Gasteiger partial charge in [0.15, 0.2) is 19.7 Å². The van der Waals surface area contributed by atoms with Gasteiger partial charge in [-0.05, 0) is 49.3 Å². The van der Waals surface area contributed by atoms with Crippen LogP contribution in [-0.4, -0.2) is 98.4 Å². The summed E-state index contributed by atoms with van der Waals surface area (Å²) in [4.78, 5) is 16.2. The van der Waals surface area contributed by atoms with E-state index >= 15 is 0 Å². The lowest BCUT2D eigenvalue weighted by Gasteiger charge is -2.44. The van der Waals surface area contributed by atoms with Crippen LogP contribution < -0.4 is 16.6 Å². The Morgan fingerprint density at radius 3 is 2.19 bits per heavy atom. The Kier molecular flexibility index (Phi) is 10.2. The summed E-state index contributed by atoms with van der Waals surface area (Å²) < 4.78 is 15.0. The number of aliphatic hydroxyl groups excluding tert-OH is 4. The van der Waals surface area contributed by atoms with Crippen molar-refractivity contribution in [2.75, 3.05) is 0 Å². The fourth-order valence-electron chi connectivity index (χ4n) is 5.45. The molecule has 0 spiro atoms. The highest BCUT2D eigenvalue weighted by atomic mass is 19.1. The molecule has 0 aliphatic heterocycles. The molecule has 3 rings (SSSR count). The number of halogens is 1. The number of imidazole rings is 1. The third-order valence-electron chi connectivity index (χ3n) is 8.11. The number of allylic oxidation sites excluding steroid dienone is 8. The van der Waals surface area contributed by atoms with Crippen LogP contribution in [0.15, 0.2) is 58.7 Å². The minimum atomic E-state index is -2.24. The number of nitrogens with zero attached hydrogens (tertiary/aromatic N) is 2. The Morgan fingerprint density at radius 2 is 1.64 bits per heavy atom. The fraction of sp³-hybridized carbons (Fsp3) is 0.517. The normalized spacial score (nSPS) is 32.6. The monoisotopic (exact) mass is 581 g/mol. The molecule has 42 heavy (non-hydrogen) atoms. The standard InChI is InChI=1S/C29H38B2FN3O7/c1-14(7-6-8-15(2)13-18(36)33-20-23(39)21(37)19(32)22(38)24(20)40)9-10-17-16(3)29(42,12-11-28(17,4)5)35-25(30)26(41)34-27(35)31/h6-10,13,19-24,37-42H,11-12H2,1-5H3,(H,33,36)/b8-6+,10-9+,14-7+,15-13+. The van der Waals surface area contributed by atoms with Crippen molar-refractivity contribution < 1.29 is 39.8 Å². The van der Waals surface area contributed by atoms with Crippen molar-refractivity contribution in [2.45, 2.75) is 89.8 Å². The highest BCUT2D eigenvalue weighted by Crippen LogP contribution is 2.47. The molecule has 1 fully saturated rings. The van der Waals surface area contributed by atoms with Crippen LogP contribution in [0, 0.1) is 5.41 Å². The maximum atomic E-state index is 13.8. The van der Waals surface area contributed by atoms with Gasteiger partial charge in [0, 0.05) is 18.1 Å². The molecule has 5 atom stereocenters. The van der Waals surface area contributed by atoms with Gasteiger partial charge in [0.2, 0.25) is 11.8 Å². The van der Waals surface area contributed by atoms with Gasteiger partial charge in [-0.25, -0.2) is 9.37 Å². The highest BCUT2D eigenvalue weighted by Gasteiger charge is 2.49. The first-order valence-electron chi connectivity index (χ1n) is 13.6. The quantitative estimate of drug-likeness (QED) is 0.125. The molecule has 7 N–H and O–H groups in total. The molecule has 1 aromatic heterocycles. The maximum Gasteiger partial charge on any atom is 0.244 e. The Labute approximate surface area is 247 Å². The second-order valence-electron chi connectivity index (χ2n) is 11.7. The number of aromatic hydroxyl groups is 1. The van der Waals surface area contributed by atoms with Gasteiger partial charge in [-0.15, -0.1) is 0 Å². The van der Waals surface area contributed by atoms with Gasteiger partial charge in [0.25, 0.3) is 0 Å². The minimum Gasteiger partial charge on any atom is -0.493 e. The average molecular weight is 581 g/mol. The van der Waals surface area contributed by atoms with Crippen molar-refractivity contribution in [2.24, 2.45) is 5.41 Å². The highest BCUT2D eigenvalue weighted by molar-refractivity contribution is 6.36. The third kappa shape index (κ3) is 6.65. The van der Waals surface area contributed by atoms with Crippen LogP contribution >= 0.6 is 0 Å². The van der Waals surface area contributed by atoms with E-state index in [2.05, 4.69) is 24.1 Å². The van der Waals surface area contributed by atoms with E-state index in [1.807, 2.05) is 19.1 Å². The fourth-order valence-corrected chi connectivity index (χ4v) is 5.45. The summed E-state index contributed by atoms with van der Waals surface area (Å²) in [5.41, 5.74) is 0.797. The van der Waals surface area contributed by atoms with Gasteiger partial charge < -0.3 is 40.5 Å². The summed E-state index contributed by atoms with van der Waals surface area (Å²) >= 11 is 0. The van der Waals surface area contributed by atoms with Crippen LogP contribution in [0.5, 0.6) is 5.88 Å². The average Bonchev–Trinajstić information content (AvgIpc) is 3.17. The Bertz CT molecular complexity index is 1340. The number of aliphatic hydroxyl groups is 5. The van der Waals surface area contributed by atoms with Crippen molar-refractivity contribution >= 4 is 32.9 Å². The molecule has 1 heterocycles. The van der Waals surface area contributed by atoms with E-state index in [0.717, 1.165) is 11.1 Å². The van der Waals surface area contributed by atoms with Crippen molar-refractivity contribution in [3.05, 3.63) is 58.7 Å². The molecule has 5 unspecified atom stereocenters. The number of amides is 1. The molecule has 1 amide bonds. The van der Waals surface area contributed by atoms with Crippen LogP contribution in [0.2, 0.25) is 0 Å². The van der Waals surface area contributed by atoms with Crippen LogP contribution in [-0.2, 0) is 10.5 Å². The van der Waals surface area contributed by atoms with Gasteiger partial charge in [-0.1, -0.05) is 49.8 Å². The first-order chi connectivity index (χ1) is 19.4. The summed E-state index contributed by atoms with van der Waals surface area (Å²) in [5, 5.41) is 63.3. The zero-order valence-corrected chi connectivity index (χ0v) is 24.4. The van der Waals surface area contributed by atoms with E-state index in [1.54, 1.807) is 32.1 Å². The predicted molar refractivity (Wildman–Crippen MR) is 157 cm³/mol. The van der Waals surface area contributed by atoms with E-state index in [1.165, 1.54) is 10.6 Å². The number of alkyl halides is 1. The van der Waals surface area contributed by atoms with Crippen LogP contribution in [0.4, 0.5) is 4.39 Å². The van der Waals surface area contributed by atoms with Gasteiger partial charge in [0.1, 0.15) is 32.3 Å². The predicted octanol–water partition coefficient (Wildman–Crippen LogP) is -0.757. The largest absolute Gasteiger partial charge is 0.493 e. The molecule has 1 aromatic rings. The molecule has 10 nitrogen and oxygen atoms in total. The Morgan fingerprint density at radius 1 is 1.05 bits per heavy atom. The lowest BCUT2D eigenvalue weighted by molar-refractivity contribution is -0.170. The molecule has 1 saturated carbocycles. The van der Waals surface area contributed by atoms with Gasteiger partial charge in [-0.3, -0.25) is 4.79 Å². The summed E-state index contributed by atoms with van der Waals surface area (Å²) in [6.45, 7) is 9.44. The van der Waals surface area contributed by atoms with Gasteiger partial charge in [0.05, 0.1) is 11.8 Å². The van der Waals surface area contributed by atoms with E-state index in [9.17, 15) is 39.8 Å². The zero-order chi connectivity index (χ0) is 31.7. The zero-order valence-electron chi connectivity index (χ0n) is 24.4. The summed E-state index contributed by atoms with van der Waals surface area (Å²) in [7, 11) is 11.9. The maximum absolute atomic E-state index is 13.8. The second-order valence-corrected chi connectivity index (χ2v) is 11.7. The summed E-state index contributed by atoms with van der Waals surface area (Å²) in [6, 6.07) is -1.46. The van der Waals surface area contributed by atoms with Crippen LogP contribution in [0.3, 0.4) is 0 Å². The lowest BCUT2D eigenvalue weighted by atomic mass is 9.69. The number of carbonyl (C=O) groups is 1. The molecule has 0 aromatic carbocycles. The number of hydrogen-bond donors (Lipinski definition) is 7. The minimum absolute atomic E-state index is 0.0946. The number of hydrogen-bond acceptors (Lipinski definition) is 8. The topological polar surface area (TPSA) is 168 Å². The third-order valence-corrected chi connectivity index (χ3v) is 8.11. The molecule has 224 valence electrons. The molecule has 2 aliphatic rings. The molecular formula is C29H38B2FN3O7. The van der Waals surface area contributed by atoms with Crippen molar-refractivity contribution in [1.29, 1.82) is 0 Å². The Balaban J connectivity index is 1.74. The lowest BCUT2D eigenvalue weighted by Crippen LogP contribution is -2.67. The number of aromatic nitrogens is 2. The van der Waals surface area contributed by atoms with Gasteiger partial charge >= 0.3 is 0 Å². The van der Waals surface area contributed by atoms with E-state index in [-0.39, 0.29) is 16.7 Å². The number of rotatable bonds is 7. The number of carbonyl (C=O) groups excluding carboxylic acids is 1. The SMILES string of the molecule is [B]c1nc(O)c([B])n1C1(O)CCC(C)(C)C(/C=C/C(C)=C/C=C/C(C)=C/C(=O)NC2C(O)C(O)C(F)C(O)C2O)=C1C. The summed E-state index contributed by atoms with van der Waals surface area (Å²) in [5.74, 6) is -1.15. The Hall–Kier alpha value is -2.96. The van der Waals surface area contributed by atoms with Crippen molar-refractivity contribution in [1.82, 2.24) is 14.9 Å². The first kappa shape index (κ1) is 33.5. The molecular weight excluding hydrogens is 543 g/mol.